The first-order chi connectivity index (χ1) is 14.1. The molecule has 1 heterocycles. The highest BCUT2D eigenvalue weighted by Crippen LogP contribution is 2.48. The molecule has 0 amide bonds. The zero-order valence-electron chi connectivity index (χ0n) is 18.5. The van der Waals surface area contributed by atoms with Crippen molar-refractivity contribution in [1.29, 1.82) is 0 Å². The summed E-state index contributed by atoms with van der Waals surface area (Å²) in [4.78, 5) is 2.61. The van der Waals surface area contributed by atoms with Crippen molar-refractivity contribution in [2.75, 3.05) is 19.6 Å². The lowest BCUT2D eigenvalue weighted by Gasteiger charge is -2.20. The zero-order valence-corrected chi connectivity index (χ0v) is 18.5. The second-order valence-corrected chi connectivity index (χ2v) is 9.58. The molecule has 2 N–H and O–H groups in total. The van der Waals surface area contributed by atoms with Crippen molar-refractivity contribution < 1.29 is 10.2 Å². The molecule has 0 aromatic rings. The first-order valence-electron chi connectivity index (χ1n) is 11.9. The smallest absolute Gasteiger partial charge is 0.0755 e. The Morgan fingerprint density at radius 2 is 2.03 bits per heavy atom. The third kappa shape index (κ3) is 6.45. The number of rotatable bonds is 10. The van der Waals surface area contributed by atoms with Crippen LogP contribution in [0.5, 0.6) is 0 Å². The maximum atomic E-state index is 10.5. The molecule has 0 spiro atoms. The standard InChI is InChI=1S/C26H41NO2/c1-3-4-10-20(2)25(28)13-12-23-24-18-21(17-22(24)19-26(23)29)11-6-5-7-14-27-15-8-9-16-27/h12-13,17,20,22-26,28-29H,5-11,14-16,18-19H2,1-2H3/b13-12+/t20-,22-,23+,24-,25+,26+/m0/s1. The average molecular weight is 400 g/mol. The Morgan fingerprint density at radius 1 is 1.24 bits per heavy atom. The molecule has 3 nitrogen and oxygen atoms in total. The predicted octanol–water partition coefficient (Wildman–Crippen LogP) is 4.55. The van der Waals surface area contributed by atoms with Gasteiger partial charge in [0, 0.05) is 12.3 Å². The van der Waals surface area contributed by atoms with E-state index in [0.29, 0.717) is 18.3 Å². The number of aliphatic hydroxyl groups is 2. The number of unbranched alkanes of at least 4 members (excludes halogenated alkanes) is 2. The molecule has 0 aromatic heterocycles. The minimum Gasteiger partial charge on any atom is -0.392 e. The summed E-state index contributed by atoms with van der Waals surface area (Å²) in [5.41, 5.74) is 1.61. The SMILES string of the molecule is CC#CC[C@H](C)[C@H](O)/C=C/[C@@H]1[C@H]2CC(CCCCCN3CCCC3)=C[C@H]2C[C@H]1O. The van der Waals surface area contributed by atoms with E-state index in [-0.39, 0.29) is 17.9 Å². The number of hydrogen-bond acceptors (Lipinski definition) is 3. The molecule has 0 unspecified atom stereocenters. The maximum Gasteiger partial charge on any atom is 0.0755 e. The number of nitrogens with zero attached hydrogens (tertiary/aromatic N) is 1. The molecule has 1 saturated heterocycles. The van der Waals surface area contributed by atoms with Gasteiger partial charge in [0.25, 0.3) is 0 Å². The number of allylic oxidation sites excluding steroid dienone is 2. The van der Waals surface area contributed by atoms with Gasteiger partial charge in [0.1, 0.15) is 0 Å². The van der Waals surface area contributed by atoms with Crippen LogP contribution in [0.4, 0.5) is 0 Å². The third-order valence-electron chi connectivity index (χ3n) is 7.34. The fourth-order valence-electron chi connectivity index (χ4n) is 5.48. The fraction of sp³-hybridized carbons (Fsp3) is 0.769. The van der Waals surface area contributed by atoms with Gasteiger partial charge >= 0.3 is 0 Å². The van der Waals surface area contributed by atoms with Gasteiger partial charge in [-0.15, -0.1) is 11.8 Å². The first kappa shape index (κ1) is 22.6. The van der Waals surface area contributed by atoms with Gasteiger partial charge in [0.15, 0.2) is 0 Å². The van der Waals surface area contributed by atoms with Gasteiger partial charge in [-0.1, -0.05) is 37.1 Å². The summed E-state index contributed by atoms with van der Waals surface area (Å²) in [6, 6.07) is 0. The lowest BCUT2D eigenvalue weighted by atomic mass is 9.88. The quantitative estimate of drug-likeness (QED) is 0.322. The molecule has 29 heavy (non-hydrogen) atoms. The number of likely N-dealkylation sites (tertiary alicyclic amines) is 1. The molecule has 3 rings (SSSR count). The number of fused-ring (bicyclic) bond motifs is 1. The van der Waals surface area contributed by atoms with E-state index in [1.54, 1.807) is 5.57 Å². The van der Waals surface area contributed by atoms with Crippen LogP contribution in [0, 0.1) is 35.5 Å². The zero-order chi connectivity index (χ0) is 20.6. The van der Waals surface area contributed by atoms with Crippen LogP contribution in [0.1, 0.15) is 71.6 Å². The van der Waals surface area contributed by atoms with Crippen molar-refractivity contribution in [1.82, 2.24) is 4.90 Å². The van der Waals surface area contributed by atoms with E-state index in [9.17, 15) is 10.2 Å². The Bertz CT molecular complexity index is 622. The average Bonchev–Trinajstić information content (AvgIpc) is 3.41. The van der Waals surface area contributed by atoms with Crippen molar-refractivity contribution in [3.63, 3.8) is 0 Å². The molecule has 0 bridgehead atoms. The predicted molar refractivity (Wildman–Crippen MR) is 120 cm³/mol. The summed E-state index contributed by atoms with van der Waals surface area (Å²) >= 11 is 0. The molecule has 2 aliphatic carbocycles. The highest BCUT2D eigenvalue weighted by molar-refractivity contribution is 5.21. The Balaban J connectivity index is 1.40. The molecule has 162 valence electrons. The minimum absolute atomic E-state index is 0.130. The Morgan fingerprint density at radius 3 is 2.79 bits per heavy atom. The molecular weight excluding hydrogens is 358 g/mol. The first-order valence-corrected chi connectivity index (χ1v) is 11.9. The van der Waals surface area contributed by atoms with Gasteiger partial charge in [0.05, 0.1) is 12.2 Å². The summed E-state index contributed by atoms with van der Waals surface area (Å²) in [6.45, 7) is 7.78. The third-order valence-corrected chi connectivity index (χ3v) is 7.34. The van der Waals surface area contributed by atoms with Crippen molar-refractivity contribution in [2.24, 2.45) is 23.7 Å². The molecule has 3 heteroatoms. The Labute approximate surface area is 178 Å². The summed E-state index contributed by atoms with van der Waals surface area (Å²) in [7, 11) is 0. The van der Waals surface area contributed by atoms with Gasteiger partial charge in [-0.2, -0.15) is 0 Å². The lowest BCUT2D eigenvalue weighted by Crippen LogP contribution is -2.20. The van der Waals surface area contributed by atoms with E-state index in [1.165, 1.54) is 58.2 Å². The second-order valence-electron chi connectivity index (χ2n) is 9.58. The van der Waals surface area contributed by atoms with E-state index in [0.717, 1.165) is 12.8 Å². The number of aliphatic hydroxyl groups excluding tert-OH is 2. The topological polar surface area (TPSA) is 43.7 Å². The second kappa shape index (κ2) is 11.3. The molecule has 0 aromatic carbocycles. The summed E-state index contributed by atoms with van der Waals surface area (Å²) in [5, 5.41) is 20.9. The summed E-state index contributed by atoms with van der Waals surface area (Å²) < 4.78 is 0. The number of hydrogen-bond donors (Lipinski definition) is 2. The van der Waals surface area contributed by atoms with Crippen LogP contribution >= 0.6 is 0 Å². The lowest BCUT2D eigenvalue weighted by molar-refractivity contribution is 0.137. The summed E-state index contributed by atoms with van der Waals surface area (Å²) in [6.07, 6.45) is 16.4. The van der Waals surface area contributed by atoms with E-state index >= 15 is 0 Å². The highest BCUT2D eigenvalue weighted by Gasteiger charge is 2.43. The normalized spacial score (nSPS) is 31.5. The van der Waals surface area contributed by atoms with Gasteiger partial charge in [-0.05, 0) is 89.3 Å². The van der Waals surface area contributed by atoms with E-state index in [4.69, 9.17) is 0 Å². The molecule has 3 aliphatic rings. The Hall–Kier alpha value is -1.08. The van der Waals surface area contributed by atoms with Gasteiger partial charge in [-0.3, -0.25) is 0 Å². The van der Waals surface area contributed by atoms with Gasteiger partial charge in [0.2, 0.25) is 0 Å². The van der Waals surface area contributed by atoms with Crippen molar-refractivity contribution in [2.45, 2.75) is 83.8 Å². The minimum atomic E-state index is -0.480. The molecule has 1 saturated carbocycles. The fourth-order valence-corrected chi connectivity index (χ4v) is 5.48. The van der Waals surface area contributed by atoms with E-state index in [2.05, 4.69) is 28.9 Å². The van der Waals surface area contributed by atoms with Gasteiger partial charge < -0.3 is 15.1 Å². The molecule has 0 radical (unpaired) electrons. The van der Waals surface area contributed by atoms with E-state index in [1.807, 2.05) is 19.9 Å². The molecular formula is C26H41NO2. The van der Waals surface area contributed by atoms with Crippen LogP contribution in [-0.2, 0) is 0 Å². The van der Waals surface area contributed by atoms with Crippen molar-refractivity contribution in [3.8, 4) is 11.8 Å². The summed E-state index contributed by atoms with van der Waals surface area (Å²) in [5.74, 6) is 7.31. The molecule has 1 aliphatic heterocycles. The van der Waals surface area contributed by atoms with Gasteiger partial charge in [-0.25, -0.2) is 0 Å². The van der Waals surface area contributed by atoms with Crippen LogP contribution in [0.25, 0.3) is 0 Å². The van der Waals surface area contributed by atoms with E-state index < -0.39 is 6.10 Å². The monoisotopic (exact) mass is 399 g/mol. The van der Waals surface area contributed by atoms with Crippen molar-refractivity contribution >= 4 is 0 Å². The van der Waals surface area contributed by atoms with Crippen LogP contribution in [0.2, 0.25) is 0 Å². The van der Waals surface area contributed by atoms with Crippen LogP contribution in [0.3, 0.4) is 0 Å². The molecule has 6 atom stereocenters. The van der Waals surface area contributed by atoms with Crippen molar-refractivity contribution in [3.05, 3.63) is 23.8 Å². The van der Waals surface area contributed by atoms with Crippen LogP contribution < -0.4 is 0 Å². The maximum absolute atomic E-state index is 10.5. The highest BCUT2D eigenvalue weighted by atomic mass is 16.3. The van der Waals surface area contributed by atoms with Crippen LogP contribution in [0.15, 0.2) is 23.8 Å². The Kier molecular flexibility index (Phi) is 8.85. The largest absolute Gasteiger partial charge is 0.392 e. The molecule has 2 fully saturated rings. The van der Waals surface area contributed by atoms with Crippen LogP contribution in [-0.4, -0.2) is 47.0 Å².